The Bertz CT molecular complexity index is 1200. The van der Waals surface area contributed by atoms with Gasteiger partial charge >= 0.3 is 6.09 Å². The molecule has 0 spiro atoms. The smallest absolute Gasteiger partial charge is 0.407 e. The summed E-state index contributed by atoms with van der Waals surface area (Å²) in [6, 6.07) is 16.3. The number of Topliss-reactive ketones (excluding diaryl/α,β-unsaturated/α-hetero) is 1. The van der Waals surface area contributed by atoms with E-state index < -0.39 is 17.7 Å². The van der Waals surface area contributed by atoms with Crippen LogP contribution in [0.5, 0.6) is 5.75 Å². The van der Waals surface area contributed by atoms with Crippen LogP contribution in [0.2, 0.25) is 0 Å². The zero-order valence-electron chi connectivity index (χ0n) is 24.2. The molecule has 3 atom stereocenters. The average Bonchev–Trinajstić information content (AvgIpc) is 3.17. The minimum absolute atomic E-state index is 0.0326. The summed E-state index contributed by atoms with van der Waals surface area (Å²) in [4.78, 5) is 45.2. The van der Waals surface area contributed by atoms with Crippen molar-refractivity contribution in [1.29, 1.82) is 0 Å². The highest BCUT2D eigenvalue weighted by Gasteiger charge is 2.49. The van der Waals surface area contributed by atoms with Crippen molar-refractivity contribution in [2.45, 2.75) is 64.5 Å². The molecule has 2 aromatic rings. The van der Waals surface area contributed by atoms with Gasteiger partial charge in [-0.2, -0.15) is 0 Å². The summed E-state index contributed by atoms with van der Waals surface area (Å²) in [7, 11) is 2.85. The lowest BCUT2D eigenvalue weighted by molar-refractivity contribution is -0.132. The van der Waals surface area contributed by atoms with Gasteiger partial charge < -0.3 is 20.5 Å². The Labute approximate surface area is 237 Å². The molecular weight excluding hydrogens is 508 g/mol. The molecule has 9 nitrogen and oxygen atoms in total. The zero-order chi connectivity index (χ0) is 29.3. The highest BCUT2D eigenvalue weighted by Crippen LogP contribution is 2.38. The van der Waals surface area contributed by atoms with Crippen molar-refractivity contribution >= 4 is 23.7 Å². The normalized spacial score (nSPS) is 18.3. The molecule has 40 heavy (non-hydrogen) atoms. The first-order valence-corrected chi connectivity index (χ1v) is 13.8. The highest BCUT2D eigenvalue weighted by molar-refractivity contribution is 6.07. The average molecular weight is 551 g/mol. The lowest BCUT2D eigenvalue weighted by Crippen LogP contribution is -2.44. The summed E-state index contributed by atoms with van der Waals surface area (Å²) in [6.45, 7) is 6.56. The number of carbonyl (C=O) groups excluding carboxylic acids is 3. The number of ether oxygens (including phenoxy) is 2. The molecule has 2 aromatic carbocycles. The molecule has 9 heteroatoms. The maximum Gasteiger partial charge on any atom is 0.407 e. The summed E-state index contributed by atoms with van der Waals surface area (Å²) in [5, 5.41) is 2.67. The summed E-state index contributed by atoms with van der Waals surface area (Å²) >= 11 is 0. The number of nitrogens with two attached hydrogens (primary N) is 1. The monoisotopic (exact) mass is 550 g/mol. The molecule has 3 rings (SSSR count). The van der Waals surface area contributed by atoms with Crippen LogP contribution >= 0.6 is 0 Å². The van der Waals surface area contributed by atoms with E-state index in [2.05, 4.69) is 19.2 Å². The summed E-state index contributed by atoms with van der Waals surface area (Å²) in [5.41, 5.74) is 7.00. The van der Waals surface area contributed by atoms with Crippen molar-refractivity contribution in [2.75, 3.05) is 20.8 Å². The largest absolute Gasteiger partial charge is 0.497 e. The molecule has 1 aliphatic heterocycles. The topological polar surface area (TPSA) is 123 Å². The summed E-state index contributed by atoms with van der Waals surface area (Å²) in [6.07, 6.45) is 1.88. The van der Waals surface area contributed by atoms with E-state index in [9.17, 15) is 14.4 Å². The Kier molecular flexibility index (Phi) is 10.7. The van der Waals surface area contributed by atoms with Crippen LogP contribution in [0, 0.1) is 11.8 Å². The molecular formula is C31H42N4O5. The number of aliphatic imine (C=N–C) groups is 1. The van der Waals surface area contributed by atoms with Gasteiger partial charge in [0.05, 0.1) is 20.3 Å². The van der Waals surface area contributed by atoms with Gasteiger partial charge in [-0.25, -0.2) is 9.79 Å². The Morgan fingerprint density at radius 1 is 1.07 bits per heavy atom. The maximum absolute atomic E-state index is 13.7. The number of alkyl carbamates (subject to hydrolysis) is 1. The molecule has 1 heterocycles. The predicted octanol–water partition coefficient (Wildman–Crippen LogP) is 4.44. The first-order valence-electron chi connectivity index (χ1n) is 13.8. The van der Waals surface area contributed by atoms with Crippen molar-refractivity contribution < 1.29 is 23.9 Å². The molecule has 0 fully saturated rings. The Morgan fingerprint density at radius 3 is 2.45 bits per heavy atom. The molecule has 0 saturated heterocycles. The summed E-state index contributed by atoms with van der Waals surface area (Å²) in [5.74, 6) is 1.01. The zero-order valence-corrected chi connectivity index (χ0v) is 24.2. The third-order valence-electron chi connectivity index (χ3n) is 7.20. The lowest BCUT2D eigenvalue weighted by Gasteiger charge is -2.28. The van der Waals surface area contributed by atoms with Crippen LogP contribution in [-0.2, 0) is 26.3 Å². The standard InChI is InChI=1S/C31H42N4O5/c1-21(2)20-31(24-13-7-6-8-14-24)28(37)35(29(32)34-31)16-10-11-22(3)17-27(36)26(33-30(38)40-5)19-23-12-9-15-25(18-23)39-4/h6-9,12-15,18,21-22,26H,10-11,16-17,19-20H2,1-5H3,(H2,32,34)(H,33,38)/t22-,26-,31+/m0/s1. The van der Waals surface area contributed by atoms with E-state index in [0.717, 1.165) is 11.1 Å². The van der Waals surface area contributed by atoms with Gasteiger partial charge in [-0.1, -0.05) is 63.2 Å². The van der Waals surface area contributed by atoms with Gasteiger partial charge in [0.1, 0.15) is 5.75 Å². The fraction of sp³-hybridized carbons (Fsp3) is 0.484. The quantitative estimate of drug-likeness (QED) is 0.359. The van der Waals surface area contributed by atoms with Crippen molar-refractivity contribution in [3.8, 4) is 5.75 Å². The number of guanidine groups is 1. The molecule has 0 bridgehead atoms. The van der Waals surface area contributed by atoms with Gasteiger partial charge in [0.2, 0.25) is 0 Å². The predicted molar refractivity (Wildman–Crippen MR) is 155 cm³/mol. The molecule has 2 amide bonds. The van der Waals surface area contributed by atoms with Gasteiger partial charge in [-0.15, -0.1) is 0 Å². The molecule has 0 saturated carbocycles. The first-order chi connectivity index (χ1) is 19.1. The van der Waals surface area contributed by atoms with Crippen LogP contribution in [0.25, 0.3) is 0 Å². The third-order valence-corrected chi connectivity index (χ3v) is 7.20. The number of benzene rings is 2. The number of hydrogen-bond acceptors (Lipinski definition) is 7. The second-order valence-electron chi connectivity index (χ2n) is 10.9. The van der Waals surface area contributed by atoms with Gasteiger partial charge in [-0.05, 0) is 54.4 Å². The number of hydrogen-bond donors (Lipinski definition) is 2. The second kappa shape index (κ2) is 14.0. The van der Waals surface area contributed by atoms with E-state index in [1.165, 1.54) is 7.11 Å². The van der Waals surface area contributed by atoms with Gasteiger partial charge in [0.25, 0.3) is 5.91 Å². The molecule has 216 valence electrons. The molecule has 0 aromatic heterocycles. The van der Waals surface area contributed by atoms with E-state index in [1.54, 1.807) is 12.0 Å². The second-order valence-corrected chi connectivity index (χ2v) is 10.9. The number of amides is 2. The van der Waals surface area contributed by atoms with Crippen molar-refractivity contribution in [3.05, 3.63) is 65.7 Å². The van der Waals surface area contributed by atoms with Crippen LogP contribution in [-0.4, -0.2) is 55.4 Å². The van der Waals surface area contributed by atoms with E-state index in [0.29, 0.717) is 38.0 Å². The van der Waals surface area contributed by atoms with Crippen molar-refractivity contribution in [3.63, 3.8) is 0 Å². The highest BCUT2D eigenvalue weighted by atomic mass is 16.5. The Hall–Kier alpha value is -3.88. The van der Waals surface area contributed by atoms with Crippen LogP contribution in [0.4, 0.5) is 4.79 Å². The molecule has 0 unspecified atom stereocenters. The van der Waals surface area contributed by atoms with E-state index in [1.807, 2.05) is 61.5 Å². The van der Waals surface area contributed by atoms with Gasteiger partial charge in [-0.3, -0.25) is 14.5 Å². The number of nitrogens with one attached hydrogen (secondary N) is 1. The van der Waals surface area contributed by atoms with Crippen LogP contribution in [0.3, 0.4) is 0 Å². The Balaban J connectivity index is 1.61. The number of carbonyl (C=O) groups is 3. The Morgan fingerprint density at radius 2 is 1.80 bits per heavy atom. The summed E-state index contributed by atoms with van der Waals surface area (Å²) < 4.78 is 10.0. The maximum atomic E-state index is 13.7. The minimum atomic E-state index is -1.01. The minimum Gasteiger partial charge on any atom is -0.497 e. The van der Waals surface area contributed by atoms with Gasteiger partial charge in [0.15, 0.2) is 17.3 Å². The van der Waals surface area contributed by atoms with Crippen molar-refractivity contribution in [2.24, 2.45) is 22.6 Å². The van der Waals surface area contributed by atoms with E-state index >= 15 is 0 Å². The van der Waals surface area contributed by atoms with Gasteiger partial charge in [0, 0.05) is 19.4 Å². The van der Waals surface area contributed by atoms with Crippen LogP contribution < -0.4 is 15.8 Å². The van der Waals surface area contributed by atoms with Crippen LogP contribution in [0.1, 0.15) is 57.6 Å². The van der Waals surface area contributed by atoms with Crippen LogP contribution in [0.15, 0.2) is 59.6 Å². The molecule has 0 radical (unpaired) electrons. The number of rotatable bonds is 14. The SMILES string of the molecule is COC(=O)N[C@@H](Cc1cccc(OC)c1)C(=O)C[C@@H](C)CCCN1C(=O)[C@@](CC(C)C)(c2ccccc2)N=C1N. The van der Waals surface area contributed by atoms with Crippen molar-refractivity contribution in [1.82, 2.24) is 10.2 Å². The lowest BCUT2D eigenvalue weighted by atomic mass is 9.82. The van der Waals surface area contributed by atoms with E-state index in [-0.39, 0.29) is 35.9 Å². The fourth-order valence-electron chi connectivity index (χ4n) is 5.26. The van der Waals surface area contributed by atoms with E-state index in [4.69, 9.17) is 20.2 Å². The third kappa shape index (κ3) is 7.61. The fourth-order valence-corrected chi connectivity index (χ4v) is 5.26. The number of methoxy groups -OCH3 is 2. The molecule has 3 N–H and O–H groups in total. The number of nitrogens with zero attached hydrogens (tertiary/aromatic N) is 2. The first kappa shape index (κ1) is 30.7. The number of ketones is 1. The molecule has 1 aliphatic rings. The molecule has 0 aliphatic carbocycles.